The molecule has 0 aliphatic carbocycles. The topological polar surface area (TPSA) is 59.5 Å². The van der Waals surface area contributed by atoms with Gasteiger partial charge >= 0.3 is 0 Å². The van der Waals surface area contributed by atoms with Gasteiger partial charge < -0.3 is 8.92 Å². The Kier molecular flexibility index (Phi) is 4.06. The largest absolute Gasteiger partial charge is 0.339 e. The van der Waals surface area contributed by atoms with E-state index in [0.717, 1.165) is 49.1 Å². The van der Waals surface area contributed by atoms with Gasteiger partial charge in [-0.3, -0.25) is 4.90 Å². The van der Waals surface area contributed by atoms with Crippen LogP contribution in [0.3, 0.4) is 0 Å². The minimum atomic E-state index is 0.643. The average molecular weight is 325 g/mol. The summed E-state index contributed by atoms with van der Waals surface area (Å²) in [5.41, 5.74) is 3.47. The Morgan fingerprint density at radius 3 is 2.75 bits per heavy atom. The molecule has 1 aliphatic heterocycles. The summed E-state index contributed by atoms with van der Waals surface area (Å²) in [6.07, 6.45) is 5.37. The van der Waals surface area contributed by atoms with Crippen LogP contribution in [0.15, 0.2) is 28.9 Å². The minimum absolute atomic E-state index is 0.643. The van der Waals surface area contributed by atoms with Crippen LogP contribution in [0.25, 0.3) is 5.65 Å². The van der Waals surface area contributed by atoms with E-state index < -0.39 is 0 Å². The number of rotatable bonds is 4. The highest BCUT2D eigenvalue weighted by Gasteiger charge is 2.22. The van der Waals surface area contributed by atoms with Gasteiger partial charge in [0.2, 0.25) is 5.89 Å². The first-order chi connectivity index (χ1) is 11.7. The van der Waals surface area contributed by atoms with Crippen LogP contribution in [0.1, 0.15) is 35.9 Å². The number of pyridine rings is 1. The summed E-state index contributed by atoms with van der Waals surface area (Å²) in [5.74, 6) is 2.15. The van der Waals surface area contributed by atoms with Gasteiger partial charge in [0, 0.05) is 19.2 Å². The van der Waals surface area contributed by atoms with Gasteiger partial charge in [0.1, 0.15) is 5.65 Å². The number of piperidine rings is 1. The predicted octanol–water partition coefficient (Wildman–Crippen LogP) is 2.79. The second-order valence-corrected chi connectivity index (χ2v) is 6.73. The molecule has 0 amide bonds. The quantitative estimate of drug-likeness (QED) is 0.738. The molecule has 0 saturated carbocycles. The fourth-order valence-electron chi connectivity index (χ4n) is 3.59. The van der Waals surface area contributed by atoms with Crippen molar-refractivity contribution in [3.8, 4) is 0 Å². The first kappa shape index (κ1) is 15.3. The number of nitrogens with zero attached hydrogens (tertiary/aromatic N) is 5. The number of likely N-dealkylation sites (tertiary alicyclic amines) is 1. The molecule has 126 valence electrons. The lowest BCUT2D eigenvalue weighted by molar-refractivity contribution is 0.168. The van der Waals surface area contributed by atoms with Crippen molar-refractivity contribution in [1.29, 1.82) is 0 Å². The van der Waals surface area contributed by atoms with E-state index in [1.54, 1.807) is 0 Å². The van der Waals surface area contributed by atoms with E-state index in [9.17, 15) is 0 Å². The summed E-state index contributed by atoms with van der Waals surface area (Å²) in [6.45, 7) is 7.15. The van der Waals surface area contributed by atoms with E-state index in [4.69, 9.17) is 4.52 Å². The highest BCUT2D eigenvalue weighted by molar-refractivity contribution is 5.42. The predicted molar refractivity (Wildman–Crippen MR) is 90.7 cm³/mol. The fraction of sp³-hybridized carbons (Fsp3) is 0.500. The number of hydrogen-bond acceptors (Lipinski definition) is 5. The summed E-state index contributed by atoms with van der Waals surface area (Å²) < 4.78 is 7.47. The Labute approximate surface area is 141 Å². The Bertz CT molecular complexity index is 829. The normalized spacial score (nSPS) is 16.9. The van der Waals surface area contributed by atoms with Crippen molar-refractivity contribution < 1.29 is 4.52 Å². The number of hydrogen-bond donors (Lipinski definition) is 0. The summed E-state index contributed by atoms with van der Waals surface area (Å²) in [4.78, 5) is 11.5. The van der Waals surface area contributed by atoms with E-state index in [-0.39, 0.29) is 0 Å². The van der Waals surface area contributed by atoms with Crippen LogP contribution < -0.4 is 0 Å². The summed E-state index contributed by atoms with van der Waals surface area (Å²) in [6, 6.07) is 6.17. The van der Waals surface area contributed by atoms with E-state index in [1.165, 1.54) is 18.5 Å². The SMILES string of the molecule is Cc1noc(CC2CCN(Cc3c(C)nc4ccccn34)CC2)n1. The van der Waals surface area contributed by atoms with Crippen molar-refractivity contribution in [2.75, 3.05) is 13.1 Å². The van der Waals surface area contributed by atoms with Crippen molar-refractivity contribution in [3.05, 3.63) is 47.5 Å². The Morgan fingerprint density at radius 1 is 1.17 bits per heavy atom. The highest BCUT2D eigenvalue weighted by Crippen LogP contribution is 2.23. The van der Waals surface area contributed by atoms with Crippen LogP contribution in [0.2, 0.25) is 0 Å². The molecule has 3 aromatic heterocycles. The fourth-order valence-corrected chi connectivity index (χ4v) is 3.59. The molecule has 0 bridgehead atoms. The molecule has 6 heteroatoms. The number of fused-ring (bicyclic) bond motifs is 1. The van der Waals surface area contributed by atoms with Gasteiger partial charge in [-0.15, -0.1) is 0 Å². The van der Waals surface area contributed by atoms with Gasteiger partial charge in [-0.2, -0.15) is 4.98 Å². The van der Waals surface area contributed by atoms with Gasteiger partial charge in [-0.05, 0) is 57.8 Å². The summed E-state index contributed by atoms with van der Waals surface area (Å²) in [5, 5.41) is 3.88. The maximum atomic E-state index is 5.26. The third kappa shape index (κ3) is 3.06. The first-order valence-corrected chi connectivity index (χ1v) is 8.63. The van der Waals surface area contributed by atoms with Crippen molar-refractivity contribution in [1.82, 2.24) is 24.4 Å². The first-order valence-electron chi connectivity index (χ1n) is 8.63. The number of imidazole rings is 1. The molecule has 24 heavy (non-hydrogen) atoms. The molecule has 4 heterocycles. The molecule has 0 unspecified atom stereocenters. The zero-order valence-corrected chi connectivity index (χ0v) is 14.3. The Morgan fingerprint density at radius 2 is 2.00 bits per heavy atom. The van der Waals surface area contributed by atoms with Crippen molar-refractivity contribution >= 4 is 5.65 Å². The molecule has 4 rings (SSSR count). The van der Waals surface area contributed by atoms with Gasteiger partial charge in [0.25, 0.3) is 0 Å². The lowest BCUT2D eigenvalue weighted by Crippen LogP contribution is -2.34. The van der Waals surface area contributed by atoms with Gasteiger partial charge in [0.15, 0.2) is 5.82 Å². The molecular formula is C18H23N5O. The van der Waals surface area contributed by atoms with E-state index in [0.29, 0.717) is 5.92 Å². The van der Waals surface area contributed by atoms with E-state index >= 15 is 0 Å². The Balaban J connectivity index is 1.38. The Hall–Kier alpha value is -2.21. The van der Waals surface area contributed by atoms with Gasteiger partial charge in [-0.1, -0.05) is 11.2 Å². The van der Waals surface area contributed by atoms with Gasteiger partial charge in [-0.25, -0.2) is 4.98 Å². The standard InChI is InChI=1S/C18H23N5O/c1-13-16(23-8-4-3-5-17(23)19-13)12-22-9-6-15(7-10-22)11-18-20-14(2)21-24-18/h3-5,8,15H,6-7,9-12H2,1-2H3. The minimum Gasteiger partial charge on any atom is -0.339 e. The van der Waals surface area contributed by atoms with E-state index in [2.05, 4.69) is 49.7 Å². The van der Waals surface area contributed by atoms with Crippen molar-refractivity contribution in [3.63, 3.8) is 0 Å². The lowest BCUT2D eigenvalue weighted by atomic mass is 9.93. The smallest absolute Gasteiger partial charge is 0.226 e. The molecule has 0 N–H and O–H groups in total. The molecule has 0 aromatic carbocycles. The van der Waals surface area contributed by atoms with Crippen LogP contribution >= 0.6 is 0 Å². The maximum Gasteiger partial charge on any atom is 0.226 e. The van der Waals surface area contributed by atoms with Crippen LogP contribution in [-0.2, 0) is 13.0 Å². The maximum absolute atomic E-state index is 5.26. The van der Waals surface area contributed by atoms with E-state index in [1.807, 2.05) is 13.0 Å². The van der Waals surface area contributed by atoms with Crippen LogP contribution in [0.4, 0.5) is 0 Å². The molecule has 0 spiro atoms. The third-order valence-corrected chi connectivity index (χ3v) is 4.94. The number of aryl methyl sites for hydroxylation is 2. The van der Waals surface area contributed by atoms with Crippen LogP contribution in [0.5, 0.6) is 0 Å². The molecule has 1 fully saturated rings. The number of aromatic nitrogens is 4. The lowest BCUT2D eigenvalue weighted by Gasteiger charge is -2.31. The van der Waals surface area contributed by atoms with Gasteiger partial charge in [0.05, 0.1) is 11.4 Å². The van der Waals surface area contributed by atoms with Crippen LogP contribution in [0, 0.1) is 19.8 Å². The van der Waals surface area contributed by atoms with Crippen molar-refractivity contribution in [2.24, 2.45) is 5.92 Å². The molecule has 1 aliphatic rings. The van der Waals surface area contributed by atoms with Crippen LogP contribution in [-0.4, -0.2) is 37.5 Å². The second kappa shape index (κ2) is 6.36. The molecular weight excluding hydrogens is 302 g/mol. The monoisotopic (exact) mass is 325 g/mol. The molecule has 6 nitrogen and oxygen atoms in total. The van der Waals surface area contributed by atoms with Crippen molar-refractivity contribution in [2.45, 2.75) is 39.7 Å². The highest BCUT2D eigenvalue weighted by atomic mass is 16.5. The second-order valence-electron chi connectivity index (χ2n) is 6.73. The third-order valence-electron chi connectivity index (χ3n) is 4.94. The summed E-state index contributed by atoms with van der Waals surface area (Å²) in [7, 11) is 0. The molecule has 0 radical (unpaired) electrons. The zero-order chi connectivity index (χ0) is 16.5. The zero-order valence-electron chi connectivity index (χ0n) is 14.3. The summed E-state index contributed by atoms with van der Waals surface area (Å²) >= 11 is 0. The molecule has 0 atom stereocenters. The average Bonchev–Trinajstić information content (AvgIpc) is 3.13. The molecule has 1 saturated heterocycles. The molecule has 3 aromatic rings.